The number of benzene rings is 2. The molecular formula is C27H30N2O6. The lowest BCUT2D eigenvalue weighted by Crippen LogP contribution is -2.63. The maximum Gasteiger partial charge on any atom is 0.408 e. The average molecular weight is 479 g/mol. The lowest BCUT2D eigenvalue weighted by atomic mass is 9.88. The van der Waals surface area contributed by atoms with Crippen molar-refractivity contribution in [2.24, 2.45) is 5.92 Å². The summed E-state index contributed by atoms with van der Waals surface area (Å²) in [7, 11) is 0. The molecule has 8 heteroatoms. The number of alkyl carbamates (subject to hydrolysis) is 1. The smallest absolute Gasteiger partial charge is 0.408 e. The molecule has 2 aliphatic heterocycles. The van der Waals surface area contributed by atoms with Gasteiger partial charge in [0.2, 0.25) is 0 Å². The van der Waals surface area contributed by atoms with Crippen LogP contribution in [0.3, 0.4) is 0 Å². The van der Waals surface area contributed by atoms with Crippen molar-refractivity contribution >= 4 is 18.0 Å². The van der Waals surface area contributed by atoms with Crippen LogP contribution in [-0.2, 0) is 19.1 Å². The molecule has 8 nitrogen and oxygen atoms in total. The van der Waals surface area contributed by atoms with Crippen LogP contribution in [0.4, 0.5) is 4.79 Å². The van der Waals surface area contributed by atoms with E-state index in [0.717, 1.165) is 22.3 Å². The molecule has 1 aliphatic carbocycles. The molecule has 35 heavy (non-hydrogen) atoms. The quantitative estimate of drug-likeness (QED) is 0.683. The van der Waals surface area contributed by atoms with Crippen molar-refractivity contribution in [2.45, 2.75) is 43.7 Å². The Morgan fingerprint density at radius 3 is 2.34 bits per heavy atom. The van der Waals surface area contributed by atoms with Gasteiger partial charge in [-0.3, -0.25) is 9.59 Å². The Hall–Kier alpha value is -3.39. The minimum Gasteiger partial charge on any atom is -0.481 e. The van der Waals surface area contributed by atoms with Gasteiger partial charge in [0.25, 0.3) is 5.91 Å². The molecule has 184 valence electrons. The molecule has 2 N–H and O–H groups in total. The normalized spacial score (nSPS) is 25.6. The summed E-state index contributed by atoms with van der Waals surface area (Å²) in [5.74, 6) is -1.60. The van der Waals surface area contributed by atoms with Crippen molar-refractivity contribution in [2.75, 3.05) is 26.4 Å². The largest absolute Gasteiger partial charge is 0.481 e. The maximum absolute atomic E-state index is 13.6. The van der Waals surface area contributed by atoms with Crippen LogP contribution in [-0.4, -0.2) is 65.9 Å². The number of fused-ring (bicyclic) bond motifs is 3. The molecule has 2 fully saturated rings. The van der Waals surface area contributed by atoms with Crippen LogP contribution in [0.5, 0.6) is 0 Å². The molecule has 0 bridgehead atoms. The highest BCUT2D eigenvalue weighted by Crippen LogP contribution is 2.44. The Labute approximate surface area is 204 Å². The molecule has 3 aliphatic rings. The lowest BCUT2D eigenvalue weighted by molar-refractivity contribution is -0.150. The highest BCUT2D eigenvalue weighted by Gasteiger charge is 2.48. The molecule has 2 aromatic rings. The Morgan fingerprint density at radius 2 is 1.77 bits per heavy atom. The number of likely N-dealkylation sites (tertiary alicyclic amines) is 1. The van der Waals surface area contributed by atoms with Gasteiger partial charge in [0.1, 0.15) is 12.1 Å². The first-order chi connectivity index (χ1) is 16.9. The molecule has 5 rings (SSSR count). The number of nitrogens with one attached hydrogen (secondary N) is 1. The van der Waals surface area contributed by atoms with Gasteiger partial charge >= 0.3 is 12.1 Å². The third kappa shape index (κ3) is 4.27. The summed E-state index contributed by atoms with van der Waals surface area (Å²) in [6.45, 7) is 2.78. The summed E-state index contributed by atoms with van der Waals surface area (Å²) in [5, 5.41) is 12.2. The van der Waals surface area contributed by atoms with Gasteiger partial charge in [-0.05, 0) is 42.0 Å². The summed E-state index contributed by atoms with van der Waals surface area (Å²) < 4.78 is 11.2. The first-order valence-corrected chi connectivity index (χ1v) is 12.1. The number of rotatable bonds is 5. The van der Waals surface area contributed by atoms with Gasteiger partial charge in [0, 0.05) is 31.5 Å². The molecule has 2 heterocycles. The van der Waals surface area contributed by atoms with E-state index in [0.29, 0.717) is 32.4 Å². The molecular weight excluding hydrogens is 448 g/mol. The molecule has 3 unspecified atom stereocenters. The fourth-order valence-corrected chi connectivity index (χ4v) is 5.69. The minimum absolute atomic E-state index is 0.0710. The number of amides is 2. The van der Waals surface area contributed by atoms with Crippen LogP contribution in [0, 0.1) is 5.92 Å². The van der Waals surface area contributed by atoms with Crippen LogP contribution in [0.2, 0.25) is 0 Å². The Balaban J connectivity index is 1.27. The predicted molar refractivity (Wildman–Crippen MR) is 128 cm³/mol. The Morgan fingerprint density at radius 1 is 1.11 bits per heavy atom. The molecule has 0 aromatic heterocycles. The van der Waals surface area contributed by atoms with Crippen molar-refractivity contribution in [3.8, 4) is 11.1 Å². The fraction of sp³-hybridized carbons (Fsp3) is 0.444. The lowest BCUT2D eigenvalue weighted by Gasteiger charge is -2.41. The van der Waals surface area contributed by atoms with Crippen molar-refractivity contribution in [3.63, 3.8) is 0 Å². The van der Waals surface area contributed by atoms with E-state index >= 15 is 0 Å². The SMILES string of the molecule is CC1CC(C(=O)O)CCN1C(=O)C1(NC(=O)OCC2c3ccccc3-c3ccccc32)CCOC1. The average Bonchev–Trinajstić information content (AvgIpc) is 3.46. The van der Waals surface area contributed by atoms with Crippen LogP contribution >= 0.6 is 0 Å². The van der Waals surface area contributed by atoms with Crippen molar-refractivity contribution in [1.29, 1.82) is 0 Å². The van der Waals surface area contributed by atoms with Crippen LogP contribution < -0.4 is 5.32 Å². The number of carboxylic acids is 1. The first-order valence-electron chi connectivity index (χ1n) is 12.1. The topological polar surface area (TPSA) is 105 Å². The van der Waals surface area contributed by atoms with Crippen molar-refractivity contribution < 1.29 is 29.0 Å². The zero-order chi connectivity index (χ0) is 24.6. The molecule has 2 saturated heterocycles. The summed E-state index contributed by atoms with van der Waals surface area (Å²) >= 11 is 0. The summed E-state index contributed by atoms with van der Waals surface area (Å²) in [6.07, 6.45) is 0.483. The number of piperidine rings is 1. The number of hydrogen-bond donors (Lipinski definition) is 2. The van der Waals surface area contributed by atoms with Gasteiger partial charge < -0.3 is 24.8 Å². The van der Waals surface area contributed by atoms with Gasteiger partial charge in [-0.1, -0.05) is 48.5 Å². The molecule has 0 radical (unpaired) electrons. The zero-order valence-electron chi connectivity index (χ0n) is 19.7. The summed E-state index contributed by atoms with van der Waals surface area (Å²) in [5.41, 5.74) is 3.32. The predicted octanol–water partition coefficient (Wildman–Crippen LogP) is 3.40. The summed E-state index contributed by atoms with van der Waals surface area (Å²) in [6, 6.07) is 16.0. The summed E-state index contributed by atoms with van der Waals surface area (Å²) in [4.78, 5) is 39.6. The fourth-order valence-electron chi connectivity index (χ4n) is 5.69. The molecule has 2 amide bonds. The second-order valence-electron chi connectivity index (χ2n) is 9.74. The highest BCUT2D eigenvalue weighted by atomic mass is 16.6. The number of ether oxygens (including phenoxy) is 2. The van der Waals surface area contributed by atoms with Gasteiger partial charge in [-0.25, -0.2) is 4.79 Å². The zero-order valence-corrected chi connectivity index (χ0v) is 19.7. The molecule has 2 aromatic carbocycles. The van der Waals surface area contributed by atoms with E-state index in [1.807, 2.05) is 31.2 Å². The monoisotopic (exact) mass is 478 g/mol. The minimum atomic E-state index is -1.20. The van der Waals surface area contributed by atoms with Crippen LogP contribution in [0.1, 0.15) is 43.2 Å². The van der Waals surface area contributed by atoms with E-state index in [-0.39, 0.29) is 31.1 Å². The number of aliphatic carboxylic acids is 1. The van der Waals surface area contributed by atoms with E-state index < -0.39 is 23.5 Å². The Kier molecular flexibility index (Phi) is 6.23. The van der Waals surface area contributed by atoms with Crippen molar-refractivity contribution in [3.05, 3.63) is 59.7 Å². The molecule has 0 saturated carbocycles. The van der Waals surface area contributed by atoms with E-state index in [1.54, 1.807) is 4.90 Å². The van der Waals surface area contributed by atoms with Gasteiger partial charge in [0.05, 0.1) is 12.5 Å². The van der Waals surface area contributed by atoms with E-state index in [4.69, 9.17) is 9.47 Å². The van der Waals surface area contributed by atoms with Crippen LogP contribution in [0.25, 0.3) is 11.1 Å². The third-order valence-corrected chi connectivity index (χ3v) is 7.60. The van der Waals surface area contributed by atoms with Gasteiger partial charge in [-0.15, -0.1) is 0 Å². The second kappa shape index (κ2) is 9.34. The van der Waals surface area contributed by atoms with Gasteiger partial charge in [-0.2, -0.15) is 0 Å². The van der Waals surface area contributed by atoms with E-state index in [2.05, 4.69) is 29.6 Å². The number of carbonyl (C=O) groups excluding carboxylic acids is 2. The number of carbonyl (C=O) groups is 3. The third-order valence-electron chi connectivity index (χ3n) is 7.60. The van der Waals surface area contributed by atoms with E-state index in [9.17, 15) is 19.5 Å². The van der Waals surface area contributed by atoms with Crippen molar-refractivity contribution in [1.82, 2.24) is 10.2 Å². The number of nitrogens with zero attached hydrogens (tertiary/aromatic N) is 1. The Bertz CT molecular complexity index is 1100. The van der Waals surface area contributed by atoms with E-state index in [1.165, 1.54) is 0 Å². The maximum atomic E-state index is 13.6. The standard InChI is InChI=1S/C27H30N2O6/c1-17-14-18(24(30)31)10-12-29(17)25(32)27(11-13-34-16-27)28-26(33)35-15-23-21-8-4-2-6-19(21)20-7-3-5-9-22(20)23/h2-9,17-18,23H,10-16H2,1H3,(H,28,33)(H,30,31). The molecule has 3 atom stereocenters. The number of hydrogen-bond acceptors (Lipinski definition) is 5. The number of carboxylic acid groups (broad SMARTS) is 1. The van der Waals surface area contributed by atoms with Gasteiger partial charge in [0.15, 0.2) is 0 Å². The van der Waals surface area contributed by atoms with Crippen LogP contribution in [0.15, 0.2) is 48.5 Å². The molecule has 0 spiro atoms. The highest BCUT2D eigenvalue weighted by molar-refractivity contribution is 5.91. The first kappa shape index (κ1) is 23.4. The second-order valence-corrected chi connectivity index (χ2v) is 9.74.